The van der Waals surface area contributed by atoms with Gasteiger partial charge in [-0.15, -0.1) is 0 Å². The van der Waals surface area contributed by atoms with Crippen molar-refractivity contribution < 1.29 is 14.0 Å². The van der Waals surface area contributed by atoms with Crippen molar-refractivity contribution in [3.63, 3.8) is 0 Å². The monoisotopic (exact) mass is 514 g/mol. The molecule has 0 fully saturated rings. The maximum atomic E-state index is 14.5. The van der Waals surface area contributed by atoms with Crippen molar-refractivity contribution in [2.45, 2.75) is 51.7 Å². The van der Waals surface area contributed by atoms with Crippen molar-refractivity contribution in [2.75, 3.05) is 0 Å². The highest BCUT2D eigenvalue weighted by atomic mass is 35.5. The molecule has 0 bridgehead atoms. The summed E-state index contributed by atoms with van der Waals surface area (Å²) in [6.07, 6.45) is 0.759. The number of halogens is 3. The van der Waals surface area contributed by atoms with Crippen molar-refractivity contribution in [3.05, 3.63) is 105 Å². The highest BCUT2D eigenvalue weighted by Gasteiger charge is 2.32. The second kappa shape index (κ2) is 12.7. The van der Waals surface area contributed by atoms with Crippen LogP contribution < -0.4 is 5.32 Å². The number of nitrogens with zero attached hydrogens (tertiary/aromatic N) is 1. The van der Waals surface area contributed by atoms with Crippen LogP contribution in [0, 0.1) is 5.82 Å². The van der Waals surface area contributed by atoms with Crippen molar-refractivity contribution in [1.82, 2.24) is 10.2 Å². The Kier molecular flexibility index (Phi) is 9.70. The molecule has 0 aliphatic rings. The summed E-state index contributed by atoms with van der Waals surface area (Å²) in [6.45, 7) is 3.98. The van der Waals surface area contributed by atoms with Crippen LogP contribution in [0.1, 0.15) is 37.0 Å². The predicted molar refractivity (Wildman–Crippen MR) is 139 cm³/mol. The lowest BCUT2D eigenvalue weighted by atomic mass is 10.0. The van der Waals surface area contributed by atoms with Crippen LogP contribution in [0.15, 0.2) is 72.8 Å². The van der Waals surface area contributed by atoms with E-state index in [0.717, 1.165) is 12.0 Å². The Morgan fingerprint density at radius 2 is 1.60 bits per heavy atom. The third-order valence-electron chi connectivity index (χ3n) is 5.96. The Balaban J connectivity index is 2.02. The fourth-order valence-electron chi connectivity index (χ4n) is 3.76. The fourth-order valence-corrected chi connectivity index (χ4v) is 4.18. The highest BCUT2D eigenvalue weighted by Crippen LogP contribution is 2.24. The minimum atomic E-state index is -0.833. The first-order valence-electron chi connectivity index (χ1n) is 11.6. The molecule has 4 nitrogen and oxygen atoms in total. The minimum Gasteiger partial charge on any atom is -0.352 e. The van der Waals surface area contributed by atoms with Gasteiger partial charge in [-0.3, -0.25) is 9.59 Å². The summed E-state index contributed by atoms with van der Waals surface area (Å²) in [6, 6.07) is 20.1. The van der Waals surface area contributed by atoms with Gasteiger partial charge in [-0.1, -0.05) is 84.7 Å². The van der Waals surface area contributed by atoms with Gasteiger partial charge < -0.3 is 10.2 Å². The second-order valence-electron chi connectivity index (χ2n) is 8.51. The quantitative estimate of drug-likeness (QED) is 0.348. The van der Waals surface area contributed by atoms with Gasteiger partial charge in [0.15, 0.2) is 0 Å². The average Bonchev–Trinajstić information content (AvgIpc) is 2.85. The van der Waals surface area contributed by atoms with Gasteiger partial charge in [-0.05, 0) is 42.7 Å². The molecule has 0 aromatic heterocycles. The van der Waals surface area contributed by atoms with Crippen molar-refractivity contribution in [1.29, 1.82) is 0 Å². The largest absolute Gasteiger partial charge is 0.352 e. The first-order chi connectivity index (χ1) is 16.8. The molecule has 2 amide bonds. The van der Waals surface area contributed by atoms with Gasteiger partial charge in [0.1, 0.15) is 11.9 Å². The van der Waals surface area contributed by atoms with E-state index >= 15 is 0 Å². The van der Waals surface area contributed by atoms with Crippen molar-refractivity contribution in [2.24, 2.45) is 0 Å². The molecular weight excluding hydrogens is 486 g/mol. The van der Waals surface area contributed by atoms with Gasteiger partial charge in [-0.2, -0.15) is 0 Å². The summed E-state index contributed by atoms with van der Waals surface area (Å²) in [7, 11) is 0. The molecule has 0 aliphatic carbocycles. The maximum Gasteiger partial charge on any atom is 0.243 e. The molecule has 7 heteroatoms. The Labute approximate surface area is 216 Å². The Hall–Kier alpha value is -2.89. The third kappa shape index (κ3) is 7.30. The number of carbonyl (C=O) groups excluding carboxylic acids is 2. The van der Waals surface area contributed by atoms with E-state index in [1.807, 2.05) is 56.3 Å². The van der Waals surface area contributed by atoms with E-state index in [4.69, 9.17) is 23.2 Å². The Morgan fingerprint density at radius 1 is 0.943 bits per heavy atom. The molecule has 3 aromatic rings. The zero-order chi connectivity index (χ0) is 25.4. The van der Waals surface area contributed by atoms with Crippen LogP contribution in [0.3, 0.4) is 0 Å². The lowest BCUT2D eigenvalue weighted by molar-refractivity contribution is -0.141. The van der Waals surface area contributed by atoms with E-state index in [1.165, 1.54) is 17.0 Å². The molecule has 0 unspecified atom stereocenters. The molecule has 0 saturated heterocycles. The van der Waals surface area contributed by atoms with E-state index in [-0.39, 0.29) is 35.5 Å². The van der Waals surface area contributed by atoms with Crippen LogP contribution in [-0.2, 0) is 29.0 Å². The standard InChI is InChI=1S/C28H29Cl2FN2O2/c1-3-19(2)32-28(35)26(16-20-10-5-4-6-11-20)33(18-21-12-7-8-13-23(21)29)27(34)17-22-24(30)14-9-15-25(22)31/h4-15,19,26H,3,16-18H2,1-2H3,(H,32,35)/t19-,26+/m1/s1. The molecule has 184 valence electrons. The van der Waals surface area contributed by atoms with Gasteiger partial charge >= 0.3 is 0 Å². The van der Waals surface area contributed by atoms with Gasteiger partial charge in [0.05, 0.1) is 6.42 Å². The number of hydrogen-bond donors (Lipinski definition) is 1. The number of nitrogens with one attached hydrogen (secondary N) is 1. The third-order valence-corrected chi connectivity index (χ3v) is 6.68. The molecule has 0 aliphatic heterocycles. The van der Waals surface area contributed by atoms with Crippen LogP contribution in [0.4, 0.5) is 4.39 Å². The molecular formula is C28H29Cl2FN2O2. The lowest BCUT2D eigenvalue weighted by Crippen LogP contribution is -2.52. The van der Waals surface area contributed by atoms with Gasteiger partial charge in [-0.25, -0.2) is 4.39 Å². The minimum absolute atomic E-state index is 0.0703. The Morgan fingerprint density at radius 3 is 2.26 bits per heavy atom. The predicted octanol–water partition coefficient (Wildman–Crippen LogP) is 6.23. The van der Waals surface area contributed by atoms with E-state index in [9.17, 15) is 14.0 Å². The van der Waals surface area contributed by atoms with Crippen molar-refractivity contribution >= 4 is 35.0 Å². The zero-order valence-electron chi connectivity index (χ0n) is 19.8. The zero-order valence-corrected chi connectivity index (χ0v) is 21.3. The normalized spacial score (nSPS) is 12.6. The van der Waals surface area contributed by atoms with Crippen LogP contribution in [0.25, 0.3) is 0 Å². The molecule has 2 atom stereocenters. The summed E-state index contributed by atoms with van der Waals surface area (Å²) in [4.78, 5) is 28.7. The maximum absolute atomic E-state index is 14.5. The van der Waals surface area contributed by atoms with Gasteiger partial charge in [0.25, 0.3) is 0 Å². The second-order valence-corrected chi connectivity index (χ2v) is 9.33. The number of amides is 2. The molecule has 3 aromatic carbocycles. The van der Waals surface area contributed by atoms with Crippen molar-refractivity contribution in [3.8, 4) is 0 Å². The van der Waals surface area contributed by atoms with Crippen LogP contribution in [0.2, 0.25) is 10.0 Å². The Bertz CT molecular complexity index is 1140. The van der Waals surface area contributed by atoms with E-state index < -0.39 is 17.8 Å². The molecule has 0 radical (unpaired) electrons. The fraction of sp³-hybridized carbons (Fsp3) is 0.286. The first-order valence-corrected chi connectivity index (χ1v) is 12.4. The van der Waals surface area contributed by atoms with Crippen LogP contribution in [0.5, 0.6) is 0 Å². The molecule has 1 N–H and O–H groups in total. The average molecular weight is 515 g/mol. The summed E-state index contributed by atoms with van der Waals surface area (Å²) in [5.74, 6) is -1.26. The summed E-state index contributed by atoms with van der Waals surface area (Å²) >= 11 is 12.6. The lowest BCUT2D eigenvalue weighted by Gasteiger charge is -2.32. The van der Waals surface area contributed by atoms with E-state index in [0.29, 0.717) is 17.0 Å². The molecule has 0 saturated carbocycles. The number of benzene rings is 3. The summed E-state index contributed by atoms with van der Waals surface area (Å²) in [5, 5.41) is 3.65. The molecule has 35 heavy (non-hydrogen) atoms. The number of carbonyl (C=O) groups is 2. The van der Waals surface area contributed by atoms with E-state index in [1.54, 1.807) is 18.2 Å². The highest BCUT2D eigenvalue weighted by molar-refractivity contribution is 6.31. The molecule has 0 spiro atoms. The molecule has 0 heterocycles. The van der Waals surface area contributed by atoms with Gasteiger partial charge in [0, 0.05) is 34.6 Å². The number of rotatable bonds is 10. The SMILES string of the molecule is CC[C@@H](C)NC(=O)[C@H](Cc1ccccc1)N(Cc1ccccc1Cl)C(=O)Cc1c(F)cccc1Cl. The van der Waals surface area contributed by atoms with E-state index in [2.05, 4.69) is 5.32 Å². The van der Waals surface area contributed by atoms with Crippen LogP contribution in [-0.4, -0.2) is 28.8 Å². The number of hydrogen-bond acceptors (Lipinski definition) is 2. The van der Waals surface area contributed by atoms with Gasteiger partial charge in [0.2, 0.25) is 11.8 Å². The smallest absolute Gasteiger partial charge is 0.243 e. The molecule has 3 rings (SSSR count). The first kappa shape index (κ1) is 26.7. The van der Waals surface area contributed by atoms with Crippen LogP contribution >= 0.6 is 23.2 Å². The topological polar surface area (TPSA) is 49.4 Å². The summed E-state index contributed by atoms with van der Waals surface area (Å²) in [5.41, 5.74) is 1.69. The summed E-state index contributed by atoms with van der Waals surface area (Å²) < 4.78 is 14.5.